The SMILES string of the molecule is COc1ccccc1Nc1nc(N)nc(COC(=O)c2ccc(OCC3CCCO3)cc2)n1. The molecule has 1 aliphatic heterocycles. The van der Waals surface area contributed by atoms with Crippen LogP contribution < -0.4 is 20.5 Å². The number of carbonyl (C=O) groups is 1. The van der Waals surface area contributed by atoms with Crippen molar-refractivity contribution in [2.75, 3.05) is 31.4 Å². The molecule has 3 aromatic rings. The van der Waals surface area contributed by atoms with Gasteiger partial charge in [0.25, 0.3) is 0 Å². The van der Waals surface area contributed by atoms with Gasteiger partial charge in [-0.2, -0.15) is 15.0 Å². The summed E-state index contributed by atoms with van der Waals surface area (Å²) in [4.78, 5) is 24.8. The minimum atomic E-state index is -0.515. The molecule has 2 heterocycles. The first kappa shape index (κ1) is 22.3. The van der Waals surface area contributed by atoms with Gasteiger partial charge >= 0.3 is 5.97 Å². The Balaban J connectivity index is 1.34. The van der Waals surface area contributed by atoms with Crippen molar-refractivity contribution in [1.29, 1.82) is 0 Å². The summed E-state index contributed by atoms with van der Waals surface area (Å²) in [5, 5.41) is 3.03. The molecule has 1 aromatic heterocycles. The number of hydrogen-bond acceptors (Lipinski definition) is 10. The maximum Gasteiger partial charge on any atom is 0.338 e. The Labute approximate surface area is 191 Å². The highest BCUT2D eigenvalue weighted by molar-refractivity contribution is 5.89. The molecule has 0 amide bonds. The number of ether oxygens (including phenoxy) is 4. The van der Waals surface area contributed by atoms with Crippen LogP contribution in [-0.2, 0) is 16.1 Å². The van der Waals surface area contributed by atoms with Crippen LogP contribution in [0.2, 0.25) is 0 Å². The van der Waals surface area contributed by atoms with Crippen LogP contribution in [0.5, 0.6) is 11.5 Å². The van der Waals surface area contributed by atoms with Gasteiger partial charge in [0, 0.05) is 6.61 Å². The average Bonchev–Trinajstić information content (AvgIpc) is 3.35. The molecule has 0 aliphatic carbocycles. The highest BCUT2D eigenvalue weighted by Crippen LogP contribution is 2.25. The number of nitrogens with two attached hydrogens (primary N) is 1. The second-order valence-corrected chi connectivity index (χ2v) is 7.31. The number of nitrogens with one attached hydrogen (secondary N) is 1. The van der Waals surface area contributed by atoms with E-state index >= 15 is 0 Å². The van der Waals surface area contributed by atoms with E-state index < -0.39 is 5.97 Å². The number of nitrogen functional groups attached to an aromatic ring is 1. The standard InChI is InChI=1S/C23H25N5O5/c1-30-19-7-3-2-6-18(19)25-23-27-20(26-22(24)28-23)14-33-21(29)15-8-10-16(11-9-15)32-13-17-5-4-12-31-17/h2-3,6-11,17H,4-5,12-14H2,1H3,(H3,24,25,26,27,28). The lowest BCUT2D eigenvalue weighted by atomic mass is 10.2. The Hall–Kier alpha value is -3.92. The van der Waals surface area contributed by atoms with Crippen LogP contribution in [0, 0.1) is 0 Å². The molecule has 1 saturated heterocycles. The molecular weight excluding hydrogens is 426 g/mol. The Kier molecular flexibility index (Phi) is 7.16. The first-order valence-electron chi connectivity index (χ1n) is 10.5. The molecular formula is C23H25N5O5. The quantitative estimate of drug-likeness (QED) is 0.468. The number of anilines is 3. The van der Waals surface area contributed by atoms with Gasteiger partial charge in [0.15, 0.2) is 12.4 Å². The molecule has 33 heavy (non-hydrogen) atoms. The van der Waals surface area contributed by atoms with Gasteiger partial charge < -0.3 is 30.0 Å². The maximum absolute atomic E-state index is 12.4. The van der Waals surface area contributed by atoms with Crippen LogP contribution in [0.15, 0.2) is 48.5 Å². The fraction of sp³-hybridized carbons (Fsp3) is 0.304. The smallest absolute Gasteiger partial charge is 0.338 e. The highest BCUT2D eigenvalue weighted by atomic mass is 16.5. The largest absolute Gasteiger partial charge is 0.495 e. The molecule has 1 aliphatic rings. The second-order valence-electron chi connectivity index (χ2n) is 7.31. The zero-order valence-corrected chi connectivity index (χ0v) is 18.2. The lowest BCUT2D eigenvalue weighted by Crippen LogP contribution is -2.16. The van der Waals surface area contributed by atoms with Crippen molar-refractivity contribution in [2.24, 2.45) is 0 Å². The van der Waals surface area contributed by atoms with Crippen molar-refractivity contribution in [3.8, 4) is 11.5 Å². The molecule has 4 rings (SSSR count). The van der Waals surface area contributed by atoms with Gasteiger partial charge in [-0.25, -0.2) is 4.79 Å². The molecule has 1 fully saturated rings. The molecule has 1 atom stereocenters. The van der Waals surface area contributed by atoms with Crippen molar-refractivity contribution >= 4 is 23.6 Å². The fourth-order valence-electron chi connectivity index (χ4n) is 3.29. The van der Waals surface area contributed by atoms with Crippen molar-refractivity contribution in [3.05, 3.63) is 59.9 Å². The Morgan fingerprint density at radius 3 is 2.73 bits per heavy atom. The monoisotopic (exact) mass is 451 g/mol. The third-order valence-electron chi connectivity index (χ3n) is 4.93. The number of benzene rings is 2. The van der Waals surface area contributed by atoms with E-state index in [0.717, 1.165) is 19.4 Å². The predicted molar refractivity (Wildman–Crippen MR) is 121 cm³/mol. The minimum Gasteiger partial charge on any atom is -0.495 e. The molecule has 0 radical (unpaired) electrons. The summed E-state index contributed by atoms with van der Waals surface area (Å²) in [5.41, 5.74) is 6.84. The normalized spacial score (nSPS) is 15.1. The molecule has 2 aromatic carbocycles. The summed E-state index contributed by atoms with van der Waals surface area (Å²) < 4.78 is 21.9. The van der Waals surface area contributed by atoms with Crippen molar-refractivity contribution in [1.82, 2.24) is 15.0 Å². The Morgan fingerprint density at radius 2 is 1.97 bits per heavy atom. The van der Waals surface area contributed by atoms with E-state index in [0.29, 0.717) is 29.4 Å². The van der Waals surface area contributed by atoms with Crippen LogP contribution in [0.4, 0.5) is 17.6 Å². The van der Waals surface area contributed by atoms with Gasteiger partial charge in [-0.3, -0.25) is 0 Å². The van der Waals surface area contributed by atoms with E-state index in [-0.39, 0.29) is 30.4 Å². The van der Waals surface area contributed by atoms with Crippen LogP contribution in [0.1, 0.15) is 29.0 Å². The number of hydrogen-bond donors (Lipinski definition) is 2. The zero-order valence-electron chi connectivity index (χ0n) is 18.2. The highest BCUT2D eigenvalue weighted by Gasteiger charge is 2.16. The maximum atomic E-state index is 12.4. The number of nitrogens with zero attached hydrogens (tertiary/aromatic N) is 3. The molecule has 0 saturated carbocycles. The topological polar surface area (TPSA) is 131 Å². The predicted octanol–water partition coefficient (Wildman–Crippen LogP) is 3.12. The third-order valence-corrected chi connectivity index (χ3v) is 4.93. The van der Waals surface area contributed by atoms with Gasteiger partial charge in [0.1, 0.15) is 18.1 Å². The minimum absolute atomic E-state index is 0.00110. The number of methoxy groups -OCH3 is 1. The molecule has 0 bridgehead atoms. The third kappa shape index (κ3) is 6.07. The van der Waals surface area contributed by atoms with E-state index in [1.807, 2.05) is 18.2 Å². The fourth-order valence-corrected chi connectivity index (χ4v) is 3.29. The molecule has 172 valence electrons. The van der Waals surface area contributed by atoms with Crippen LogP contribution in [0.3, 0.4) is 0 Å². The summed E-state index contributed by atoms with van der Waals surface area (Å²) in [6.07, 6.45) is 2.19. The number of esters is 1. The average molecular weight is 451 g/mol. The Bertz CT molecular complexity index is 1090. The van der Waals surface area contributed by atoms with Gasteiger partial charge in [-0.15, -0.1) is 0 Å². The van der Waals surface area contributed by atoms with Crippen LogP contribution in [-0.4, -0.2) is 47.3 Å². The van der Waals surface area contributed by atoms with Gasteiger partial charge in [-0.05, 0) is 49.2 Å². The van der Waals surface area contributed by atoms with Gasteiger partial charge in [0.2, 0.25) is 11.9 Å². The zero-order chi connectivity index (χ0) is 23.0. The molecule has 10 heteroatoms. The van der Waals surface area contributed by atoms with Gasteiger partial charge in [0.05, 0.1) is 24.5 Å². The van der Waals surface area contributed by atoms with Crippen LogP contribution in [0.25, 0.3) is 0 Å². The Morgan fingerprint density at radius 1 is 1.15 bits per heavy atom. The van der Waals surface area contributed by atoms with Crippen molar-refractivity contribution in [3.63, 3.8) is 0 Å². The van der Waals surface area contributed by atoms with E-state index in [1.54, 1.807) is 37.4 Å². The summed E-state index contributed by atoms with van der Waals surface area (Å²) in [5.74, 6) is 1.20. The lowest BCUT2D eigenvalue weighted by molar-refractivity contribution is 0.0461. The molecule has 0 spiro atoms. The van der Waals surface area contributed by atoms with E-state index in [2.05, 4.69) is 20.3 Å². The van der Waals surface area contributed by atoms with E-state index in [1.165, 1.54) is 0 Å². The lowest BCUT2D eigenvalue weighted by Gasteiger charge is -2.12. The first-order valence-corrected chi connectivity index (χ1v) is 10.5. The summed E-state index contributed by atoms with van der Waals surface area (Å²) in [6.45, 7) is 1.11. The second kappa shape index (κ2) is 10.6. The van der Waals surface area contributed by atoms with Crippen LogP contribution >= 0.6 is 0 Å². The van der Waals surface area contributed by atoms with Crippen molar-refractivity contribution in [2.45, 2.75) is 25.6 Å². The van der Waals surface area contributed by atoms with E-state index in [9.17, 15) is 4.79 Å². The number of para-hydroxylation sites is 2. The molecule has 10 nitrogen and oxygen atoms in total. The number of carbonyl (C=O) groups excluding carboxylic acids is 1. The summed E-state index contributed by atoms with van der Waals surface area (Å²) >= 11 is 0. The summed E-state index contributed by atoms with van der Waals surface area (Å²) in [6, 6.07) is 14.0. The number of rotatable bonds is 9. The first-order chi connectivity index (χ1) is 16.1. The number of aromatic nitrogens is 3. The molecule has 1 unspecified atom stereocenters. The summed E-state index contributed by atoms with van der Waals surface area (Å²) in [7, 11) is 1.57. The molecule has 3 N–H and O–H groups in total. The van der Waals surface area contributed by atoms with Crippen molar-refractivity contribution < 1.29 is 23.7 Å². The van der Waals surface area contributed by atoms with Gasteiger partial charge in [-0.1, -0.05) is 12.1 Å². The van der Waals surface area contributed by atoms with E-state index in [4.69, 9.17) is 24.7 Å².